The Morgan fingerprint density at radius 1 is 1.11 bits per heavy atom. The van der Waals surface area contributed by atoms with E-state index in [2.05, 4.69) is 30.3 Å². The van der Waals surface area contributed by atoms with E-state index in [0.29, 0.717) is 5.92 Å². The van der Waals surface area contributed by atoms with E-state index >= 15 is 0 Å². The van der Waals surface area contributed by atoms with Gasteiger partial charge in [-0.05, 0) is 42.2 Å². The van der Waals surface area contributed by atoms with Crippen LogP contribution in [-0.2, 0) is 6.42 Å². The molecule has 2 aliphatic rings. The van der Waals surface area contributed by atoms with Crippen molar-refractivity contribution in [3.63, 3.8) is 0 Å². The smallest absolute Gasteiger partial charge is 0.131 e. The van der Waals surface area contributed by atoms with Gasteiger partial charge in [0.2, 0.25) is 0 Å². The van der Waals surface area contributed by atoms with E-state index in [4.69, 9.17) is 9.47 Å². The fourth-order valence-electron chi connectivity index (χ4n) is 3.38. The maximum Gasteiger partial charge on any atom is 0.131 e. The summed E-state index contributed by atoms with van der Waals surface area (Å²) in [6.07, 6.45) is 2.44. The molecular weight excluding hydrogens is 236 g/mol. The molecule has 2 aromatic rings. The topological polar surface area (TPSA) is 18.5 Å². The van der Waals surface area contributed by atoms with E-state index < -0.39 is 0 Å². The lowest BCUT2D eigenvalue weighted by atomic mass is 9.79. The Hall–Kier alpha value is -1.96. The summed E-state index contributed by atoms with van der Waals surface area (Å²) < 4.78 is 11.5. The molecule has 0 saturated carbocycles. The maximum atomic E-state index is 6.17. The molecule has 2 nitrogen and oxygen atoms in total. The minimum Gasteiger partial charge on any atom is -0.497 e. The number of ether oxygens (including phenoxy) is 2. The first-order chi connectivity index (χ1) is 9.36. The molecule has 0 N–H and O–H groups in total. The monoisotopic (exact) mass is 252 g/mol. The molecule has 0 saturated heterocycles. The number of rotatable bonds is 1. The second-order valence-electron chi connectivity index (χ2n) is 5.29. The molecule has 1 aliphatic heterocycles. The van der Waals surface area contributed by atoms with Crippen molar-refractivity contribution in [2.24, 2.45) is 0 Å². The number of hydrogen-bond donors (Lipinski definition) is 0. The maximum absolute atomic E-state index is 6.17. The van der Waals surface area contributed by atoms with Crippen molar-refractivity contribution >= 4 is 0 Å². The van der Waals surface area contributed by atoms with Gasteiger partial charge in [0.15, 0.2) is 0 Å². The van der Waals surface area contributed by atoms with Crippen molar-refractivity contribution in [3.8, 4) is 11.5 Å². The summed E-state index contributed by atoms with van der Waals surface area (Å²) in [5, 5.41) is 0. The number of fused-ring (bicyclic) bond motifs is 5. The van der Waals surface area contributed by atoms with Gasteiger partial charge in [0.25, 0.3) is 0 Å². The first kappa shape index (κ1) is 10.9. The van der Waals surface area contributed by atoms with E-state index in [0.717, 1.165) is 24.3 Å². The van der Waals surface area contributed by atoms with Gasteiger partial charge in [-0.15, -0.1) is 0 Å². The molecule has 2 heteroatoms. The molecule has 0 unspecified atom stereocenters. The Bertz CT molecular complexity index is 633. The molecule has 96 valence electrons. The van der Waals surface area contributed by atoms with Gasteiger partial charge in [-0.2, -0.15) is 0 Å². The van der Waals surface area contributed by atoms with E-state index in [-0.39, 0.29) is 6.10 Å². The third-order valence-electron chi connectivity index (χ3n) is 4.32. The molecule has 0 bridgehead atoms. The number of hydrogen-bond acceptors (Lipinski definition) is 2. The number of methoxy groups -OCH3 is 1. The van der Waals surface area contributed by atoms with Crippen LogP contribution in [0.1, 0.15) is 35.1 Å². The van der Waals surface area contributed by atoms with Gasteiger partial charge < -0.3 is 9.47 Å². The quantitative estimate of drug-likeness (QED) is 0.767. The second kappa shape index (κ2) is 4.02. The molecule has 0 spiro atoms. The predicted molar refractivity (Wildman–Crippen MR) is 73.9 cm³/mol. The Balaban J connectivity index is 1.78. The van der Waals surface area contributed by atoms with Crippen LogP contribution in [0.3, 0.4) is 0 Å². The second-order valence-corrected chi connectivity index (χ2v) is 5.29. The van der Waals surface area contributed by atoms with Crippen LogP contribution in [0.2, 0.25) is 0 Å². The van der Waals surface area contributed by atoms with Crippen LogP contribution in [0.25, 0.3) is 0 Å². The van der Waals surface area contributed by atoms with Crippen LogP contribution in [0.15, 0.2) is 42.5 Å². The van der Waals surface area contributed by atoms with Gasteiger partial charge in [0.1, 0.15) is 17.6 Å². The molecular formula is C17H16O2. The van der Waals surface area contributed by atoms with Crippen LogP contribution in [0.4, 0.5) is 0 Å². The zero-order chi connectivity index (χ0) is 12.8. The van der Waals surface area contributed by atoms with Crippen molar-refractivity contribution in [3.05, 3.63) is 59.2 Å². The summed E-state index contributed by atoms with van der Waals surface area (Å²) >= 11 is 0. The Labute approximate surface area is 113 Å². The molecule has 0 aromatic heterocycles. The normalized spacial score (nSPS) is 23.0. The van der Waals surface area contributed by atoms with E-state index in [1.807, 2.05) is 12.1 Å². The third kappa shape index (κ3) is 1.56. The van der Waals surface area contributed by atoms with Crippen LogP contribution >= 0.6 is 0 Å². The lowest BCUT2D eigenvalue weighted by molar-refractivity contribution is 0.195. The fourth-order valence-corrected chi connectivity index (χ4v) is 3.38. The largest absolute Gasteiger partial charge is 0.497 e. The van der Waals surface area contributed by atoms with Gasteiger partial charge in [-0.1, -0.05) is 24.3 Å². The first-order valence-corrected chi connectivity index (χ1v) is 6.79. The van der Waals surface area contributed by atoms with Crippen LogP contribution in [0.5, 0.6) is 11.5 Å². The minimum absolute atomic E-state index is 0.187. The SMILES string of the molecule is COc1ccc2c(c1)CC[C@@H]1c3ccccc3O[C@H]21. The summed E-state index contributed by atoms with van der Waals surface area (Å²) in [7, 11) is 1.72. The van der Waals surface area contributed by atoms with Crippen LogP contribution in [-0.4, -0.2) is 7.11 Å². The van der Waals surface area contributed by atoms with Crippen molar-refractivity contribution in [2.75, 3.05) is 7.11 Å². The van der Waals surface area contributed by atoms with Gasteiger partial charge >= 0.3 is 0 Å². The first-order valence-electron chi connectivity index (χ1n) is 6.79. The van der Waals surface area contributed by atoms with Gasteiger partial charge in [0.05, 0.1) is 7.11 Å². The van der Waals surface area contributed by atoms with Gasteiger partial charge in [-0.25, -0.2) is 0 Å². The van der Waals surface area contributed by atoms with Crippen LogP contribution < -0.4 is 9.47 Å². The van der Waals surface area contributed by atoms with E-state index in [1.165, 1.54) is 16.7 Å². The highest BCUT2D eigenvalue weighted by Gasteiger charge is 2.38. The average Bonchev–Trinajstić information content (AvgIpc) is 2.85. The average molecular weight is 252 g/mol. The zero-order valence-corrected chi connectivity index (χ0v) is 10.9. The molecule has 4 rings (SSSR count). The molecule has 0 fully saturated rings. The summed E-state index contributed by atoms with van der Waals surface area (Å²) in [6, 6.07) is 14.8. The van der Waals surface area contributed by atoms with Gasteiger partial charge in [-0.3, -0.25) is 0 Å². The number of para-hydroxylation sites is 1. The lowest BCUT2D eigenvalue weighted by Gasteiger charge is -2.27. The van der Waals surface area contributed by atoms with Crippen molar-refractivity contribution in [1.29, 1.82) is 0 Å². The van der Waals surface area contributed by atoms with E-state index in [9.17, 15) is 0 Å². The molecule has 2 atom stereocenters. The third-order valence-corrected chi connectivity index (χ3v) is 4.32. The summed E-state index contributed by atoms with van der Waals surface area (Å²) in [5.41, 5.74) is 4.07. The predicted octanol–water partition coefficient (Wildman–Crippen LogP) is 3.86. The Morgan fingerprint density at radius 2 is 2.00 bits per heavy atom. The molecule has 0 radical (unpaired) electrons. The Kier molecular flexibility index (Phi) is 2.31. The van der Waals surface area contributed by atoms with Crippen molar-refractivity contribution in [2.45, 2.75) is 24.9 Å². The highest BCUT2D eigenvalue weighted by molar-refractivity contribution is 5.48. The molecule has 0 amide bonds. The molecule has 1 aliphatic carbocycles. The molecule has 2 aromatic carbocycles. The summed E-state index contributed by atoms with van der Waals surface area (Å²) in [4.78, 5) is 0. The fraction of sp³-hybridized carbons (Fsp3) is 0.294. The van der Waals surface area contributed by atoms with Gasteiger partial charge in [0, 0.05) is 11.5 Å². The number of benzene rings is 2. The standard InChI is InChI=1S/C17H16O2/c1-18-12-7-9-13-11(10-12)6-8-15-14-4-2-3-5-16(14)19-17(13)15/h2-5,7,9-10,15,17H,6,8H2,1H3/t15-,17-/m1/s1. The van der Waals surface area contributed by atoms with Crippen molar-refractivity contribution < 1.29 is 9.47 Å². The lowest BCUT2D eigenvalue weighted by Crippen LogP contribution is -2.18. The van der Waals surface area contributed by atoms with Crippen molar-refractivity contribution in [1.82, 2.24) is 0 Å². The summed E-state index contributed by atoms with van der Waals surface area (Å²) in [5.74, 6) is 2.51. The zero-order valence-electron chi connectivity index (χ0n) is 10.9. The van der Waals surface area contributed by atoms with E-state index in [1.54, 1.807) is 7.11 Å². The number of aryl methyl sites for hydroxylation is 1. The highest BCUT2D eigenvalue weighted by Crippen LogP contribution is 2.51. The molecule has 19 heavy (non-hydrogen) atoms. The summed E-state index contributed by atoms with van der Waals surface area (Å²) in [6.45, 7) is 0. The Morgan fingerprint density at radius 3 is 2.89 bits per heavy atom. The molecule has 1 heterocycles. The highest BCUT2D eigenvalue weighted by atomic mass is 16.5. The minimum atomic E-state index is 0.187. The van der Waals surface area contributed by atoms with Crippen LogP contribution in [0, 0.1) is 0 Å².